The Morgan fingerprint density at radius 3 is 0.938 bits per heavy atom. The number of rotatable bonds is 10. The maximum Gasteiger partial charge on any atom is 0.0540 e. The van der Waals surface area contributed by atoms with Gasteiger partial charge in [-0.1, -0.05) is 182 Å². The second-order valence-electron chi connectivity index (χ2n) is 16.2. The van der Waals surface area contributed by atoms with E-state index in [4.69, 9.17) is 0 Å². The Bertz CT molecular complexity index is 3150. The molecular weight excluding hydrogens is 773 g/mol. The van der Waals surface area contributed by atoms with Gasteiger partial charge in [0, 0.05) is 33.9 Å². The summed E-state index contributed by atoms with van der Waals surface area (Å²) in [5.74, 6) is 0. The standard InChI is InChI=1S/C62H44N2/c1-5-19-45(20-6-1)59-31-13-15-33-61(59)63(55-25-9-3-10-26-55)57-29-17-23-47(43-57)49-35-37-51-42-54-40-50(36-38-52(54)41-53(51)39-49)48-24-18-30-58(44-48)64(56-27-11-4-12-28-56)62-34-16-14-32-60(62)46-21-7-2-8-22-46/h1-44H. The molecule has 11 aromatic carbocycles. The van der Waals surface area contributed by atoms with Gasteiger partial charge in [0.1, 0.15) is 0 Å². The van der Waals surface area contributed by atoms with E-state index in [9.17, 15) is 0 Å². The molecule has 0 aliphatic heterocycles. The zero-order valence-electron chi connectivity index (χ0n) is 35.3. The number of para-hydroxylation sites is 4. The minimum atomic E-state index is 1.11. The van der Waals surface area contributed by atoms with E-state index < -0.39 is 0 Å². The topological polar surface area (TPSA) is 6.48 Å². The van der Waals surface area contributed by atoms with Crippen molar-refractivity contribution < 1.29 is 0 Å². The Labute approximate surface area is 375 Å². The third-order valence-corrected chi connectivity index (χ3v) is 12.2. The van der Waals surface area contributed by atoms with Crippen LogP contribution in [0, 0.1) is 0 Å². The van der Waals surface area contributed by atoms with Crippen LogP contribution in [-0.2, 0) is 0 Å². The van der Waals surface area contributed by atoms with Gasteiger partial charge in [0.15, 0.2) is 0 Å². The normalized spacial score (nSPS) is 11.1. The number of fused-ring (bicyclic) bond motifs is 2. The molecule has 2 heteroatoms. The molecule has 0 atom stereocenters. The van der Waals surface area contributed by atoms with Crippen LogP contribution >= 0.6 is 0 Å². The van der Waals surface area contributed by atoms with Gasteiger partial charge in [0.25, 0.3) is 0 Å². The van der Waals surface area contributed by atoms with Gasteiger partial charge < -0.3 is 9.80 Å². The predicted octanol–water partition coefficient (Wildman–Crippen LogP) is 17.6. The van der Waals surface area contributed by atoms with Crippen molar-refractivity contribution in [3.05, 3.63) is 267 Å². The van der Waals surface area contributed by atoms with Crippen molar-refractivity contribution in [3.8, 4) is 44.5 Å². The van der Waals surface area contributed by atoms with Crippen LogP contribution in [0.3, 0.4) is 0 Å². The maximum atomic E-state index is 2.37. The van der Waals surface area contributed by atoms with Gasteiger partial charge in [0.2, 0.25) is 0 Å². The average molecular weight is 817 g/mol. The van der Waals surface area contributed by atoms with Crippen LogP contribution in [-0.4, -0.2) is 0 Å². The lowest BCUT2D eigenvalue weighted by Crippen LogP contribution is -2.11. The second kappa shape index (κ2) is 17.1. The molecule has 0 aliphatic carbocycles. The highest BCUT2D eigenvalue weighted by atomic mass is 15.1. The highest BCUT2D eigenvalue weighted by Crippen LogP contribution is 2.44. The van der Waals surface area contributed by atoms with Crippen molar-refractivity contribution in [3.63, 3.8) is 0 Å². The minimum Gasteiger partial charge on any atom is -0.310 e. The van der Waals surface area contributed by atoms with Crippen LogP contribution in [0.15, 0.2) is 267 Å². The molecule has 302 valence electrons. The molecule has 11 rings (SSSR count). The predicted molar refractivity (Wildman–Crippen MR) is 273 cm³/mol. The first-order valence-corrected chi connectivity index (χ1v) is 21.9. The van der Waals surface area contributed by atoms with E-state index in [2.05, 4.69) is 277 Å². The van der Waals surface area contributed by atoms with E-state index in [1.807, 2.05) is 0 Å². The third-order valence-electron chi connectivity index (χ3n) is 12.2. The van der Waals surface area contributed by atoms with E-state index in [1.165, 1.54) is 66.1 Å². The molecule has 11 aromatic rings. The first-order valence-electron chi connectivity index (χ1n) is 21.9. The van der Waals surface area contributed by atoms with Crippen LogP contribution in [0.25, 0.3) is 66.1 Å². The lowest BCUT2D eigenvalue weighted by Gasteiger charge is -2.28. The van der Waals surface area contributed by atoms with Crippen LogP contribution in [0.5, 0.6) is 0 Å². The molecule has 0 aliphatic rings. The second-order valence-corrected chi connectivity index (χ2v) is 16.2. The van der Waals surface area contributed by atoms with Crippen molar-refractivity contribution >= 4 is 55.7 Å². The van der Waals surface area contributed by atoms with Gasteiger partial charge in [-0.2, -0.15) is 0 Å². The number of anilines is 6. The summed E-state index contributed by atoms with van der Waals surface area (Å²) in [7, 11) is 0. The van der Waals surface area contributed by atoms with Crippen molar-refractivity contribution in [1.29, 1.82) is 0 Å². The summed E-state index contributed by atoms with van der Waals surface area (Å²) in [6.45, 7) is 0. The van der Waals surface area contributed by atoms with E-state index in [-0.39, 0.29) is 0 Å². The molecule has 0 bridgehead atoms. The molecule has 0 saturated heterocycles. The first-order chi connectivity index (χ1) is 31.7. The Morgan fingerprint density at radius 2 is 0.516 bits per heavy atom. The molecule has 0 unspecified atom stereocenters. The van der Waals surface area contributed by atoms with Crippen molar-refractivity contribution in [2.24, 2.45) is 0 Å². The summed E-state index contributed by atoms with van der Waals surface area (Å²) < 4.78 is 0. The van der Waals surface area contributed by atoms with Gasteiger partial charge in [-0.3, -0.25) is 0 Å². The first kappa shape index (κ1) is 38.5. The SMILES string of the molecule is c1ccc(-c2ccccc2N(c2ccccc2)c2cccc(-c3ccc4cc5cc(-c6cccc(N(c7ccccc7)c7ccccc7-c7ccccc7)c6)ccc5cc4c3)c2)cc1. The lowest BCUT2D eigenvalue weighted by atomic mass is 9.95. The smallest absolute Gasteiger partial charge is 0.0540 e. The number of hydrogen-bond acceptors (Lipinski definition) is 2. The molecule has 2 nitrogen and oxygen atoms in total. The number of nitrogens with zero attached hydrogens (tertiary/aromatic N) is 2. The van der Waals surface area contributed by atoms with Gasteiger partial charge in [-0.05, 0) is 140 Å². The molecule has 0 amide bonds. The molecule has 0 aromatic heterocycles. The van der Waals surface area contributed by atoms with Gasteiger partial charge in [-0.15, -0.1) is 0 Å². The molecule has 0 fully saturated rings. The van der Waals surface area contributed by atoms with Gasteiger partial charge in [-0.25, -0.2) is 0 Å². The lowest BCUT2D eigenvalue weighted by molar-refractivity contribution is 1.28. The van der Waals surface area contributed by atoms with Crippen LogP contribution in [0.2, 0.25) is 0 Å². The average Bonchev–Trinajstić information content (AvgIpc) is 3.37. The summed E-state index contributed by atoms with van der Waals surface area (Å²) in [6.07, 6.45) is 0. The molecule has 64 heavy (non-hydrogen) atoms. The summed E-state index contributed by atoms with van der Waals surface area (Å²) in [5, 5.41) is 4.87. The fourth-order valence-electron chi connectivity index (χ4n) is 9.08. The van der Waals surface area contributed by atoms with E-state index in [0.29, 0.717) is 0 Å². The molecule has 0 N–H and O–H groups in total. The van der Waals surface area contributed by atoms with Crippen molar-refractivity contribution in [2.45, 2.75) is 0 Å². The van der Waals surface area contributed by atoms with Crippen molar-refractivity contribution in [2.75, 3.05) is 9.80 Å². The highest BCUT2D eigenvalue weighted by Gasteiger charge is 2.19. The van der Waals surface area contributed by atoms with Crippen molar-refractivity contribution in [1.82, 2.24) is 0 Å². The molecule has 0 radical (unpaired) electrons. The molecule has 0 heterocycles. The zero-order chi connectivity index (χ0) is 42.7. The van der Waals surface area contributed by atoms with E-state index in [0.717, 1.165) is 34.1 Å². The molecular formula is C62H44N2. The molecule has 0 saturated carbocycles. The van der Waals surface area contributed by atoms with Crippen LogP contribution in [0.4, 0.5) is 34.1 Å². The summed E-state index contributed by atoms with van der Waals surface area (Å²) in [6, 6.07) is 96.2. The minimum absolute atomic E-state index is 1.11. The van der Waals surface area contributed by atoms with E-state index >= 15 is 0 Å². The largest absolute Gasteiger partial charge is 0.310 e. The zero-order valence-corrected chi connectivity index (χ0v) is 35.3. The number of benzene rings is 11. The summed E-state index contributed by atoms with van der Waals surface area (Å²) in [4.78, 5) is 4.74. The van der Waals surface area contributed by atoms with Gasteiger partial charge in [0.05, 0.1) is 11.4 Å². The third kappa shape index (κ3) is 7.59. The fraction of sp³-hybridized carbons (Fsp3) is 0. The highest BCUT2D eigenvalue weighted by molar-refractivity contribution is 6.01. The Hall–Kier alpha value is -8.46. The monoisotopic (exact) mass is 816 g/mol. The Kier molecular flexibility index (Phi) is 10.3. The van der Waals surface area contributed by atoms with Gasteiger partial charge >= 0.3 is 0 Å². The Balaban J connectivity index is 0.938. The summed E-state index contributed by atoms with van der Waals surface area (Å²) in [5.41, 5.74) is 16.2. The van der Waals surface area contributed by atoms with Crippen LogP contribution in [0.1, 0.15) is 0 Å². The summed E-state index contributed by atoms with van der Waals surface area (Å²) >= 11 is 0. The quantitative estimate of drug-likeness (QED) is 0.127. The molecule has 0 spiro atoms. The van der Waals surface area contributed by atoms with E-state index in [1.54, 1.807) is 0 Å². The maximum absolute atomic E-state index is 2.37. The van der Waals surface area contributed by atoms with Crippen LogP contribution < -0.4 is 9.80 Å². The Morgan fingerprint density at radius 1 is 0.188 bits per heavy atom. The number of hydrogen-bond donors (Lipinski definition) is 0. The fourth-order valence-corrected chi connectivity index (χ4v) is 9.08.